The number of nitrogens with zero attached hydrogens (tertiary/aromatic N) is 3. The van der Waals surface area contributed by atoms with Crippen molar-refractivity contribution >= 4 is 11.9 Å². The zero-order chi connectivity index (χ0) is 19.9. The molecule has 0 aromatic carbocycles. The predicted octanol–water partition coefficient (Wildman–Crippen LogP) is 2.68. The molecule has 0 saturated heterocycles. The molecule has 27 heavy (non-hydrogen) atoms. The topological polar surface area (TPSA) is 82.8 Å². The van der Waals surface area contributed by atoms with E-state index in [0.29, 0.717) is 24.3 Å². The minimum absolute atomic E-state index is 0.0279. The predicted molar refractivity (Wildman–Crippen MR) is 108 cm³/mol. The molecule has 152 valence electrons. The fourth-order valence-corrected chi connectivity index (χ4v) is 2.99. The van der Waals surface area contributed by atoms with Crippen molar-refractivity contribution in [2.75, 3.05) is 27.2 Å². The molecule has 0 bridgehead atoms. The van der Waals surface area contributed by atoms with E-state index in [1.807, 2.05) is 0 Å². The van der Waals surface area contributed by atoms with Crippen molar-refractivity contribution in [3.05, 3.63) is 17.8 Å². The molecule has 1 aromatic rings. The molecule has 7 heteroatoms. The standard InChI is InChI=1S/C20H35N5O2/c1-20(2,3)16-12-21-17(27-16)13-23-19(24-14-18(26)25(4)5)22-11-15-9-7-6-8-10-15/h12,15H,6-11,13-14H2,1-5H3,(H2,22,23,24). The fraction of sp³-hybridized carbons (Fsp3) is 0.750. The monoisotopic (exact) mass is 377 g/mol. The molecule has 0 spiro atoms. The van der Waals surface area contributed by atoms with Crippen LogP contribution < -0.4 is 10.6 Å². The molecule has 1 fully saturated rings. The Morgan fingerprint density at radius 2 is 1.96 bits per heavy atom. The quantitative estimate of drug-likeness (QED) is 0.588. The summed E-state index contributed by atoms with van der Waals surface area (Å²) in [6.07, 6.45) is 8.23. The highest BCUT2D eigenvalue weighted by Crippen LogP contribution is 2.23. The van der Waals surface area contributed by atoms with Gasteiger partial charge in [-0.05, 0) is 18.8 Å². The van der Waals surface area contributed by atoms with Crippen molar-refractivity contribution < 1.29 is 9.21 Å². The van der Waals surface area contributed by atoms with Crippen molar-refractivity contribution in [1.82, 2.24) is 20.5 Å². The lowest BCUT2D eigenvalue weighted by Crippen LogP contribution is -2.40. The summed E-state index contributed by atoms with van der Waals surface area (Å²) in [5, 5.41) is 6.64. The van der Waals surface area contributed by atoms with Crippen LogP contribution in [0, 0.1) is 5.92 Å². The molecule has 0 atom stereocenters. The van der Waals surface area contributed by atoms with Crippen molar-refractivity contribution in [1.29, 1.82) is 0 Å². The van der Waals surface area contributed by atoms with Crippen molar-refractivity contribution in [3.63, 3.8) is 0 Å². The Morgan fingerprint density at radius 3 is 2.56 bits per heavy atom. The Balaban J connectivity index is 1.94. The van der Waals surface area contributed by atoms with Crippen molar-refractivity contribution in [2.45, 2.75) is 64.8 Å². The van der Waals surface area contributed by atoms with Crippen LogP contribution in [0.5, 0.6) is 0 Å². The third kappa shape index (κ3) is 7.23. The first-order chi connectivity index (χ1) is 12.8. The van der Waals surface area contributed by atoms with Gasteiger partial charge in [0.1, 0.15) is 12.3 Å². The van der Waals surface area contributed by atoms with Crippen LogP contribution in [0.3, 0.4) is 0 Å². The highest BCUT2D eigenvalue weighted by atomic mass is 16.4. The minimum atomic E-state index is -0.0699. The molecule has 1 heterocycles. The third-order valence-corrected chi connectivity index (χ3v) is 4.85. The van der Waals surface area contributed by atoms with Gasteiger partial charge in [0, 0.05) is 26.1 Å². The van der Waals surface area contributed by atoms with Gasteiger partial charge in [-0.15, -0.1) is 0 Å². The van der Waals surface area contributed by atoms with Gasteiger partial charge in [0.15, 0.2) is 5.96 Å². The summed E-state index contributed by atoms with van der Waals surface area (Å²) in [7, 11) is 3.47. The summed E-state index contributed by atoms with van der Waals surface area (Å²) < 4.78 is 5.83. The minimum Gasteiger partial charge on any atom is -0.443 e. The number of carbonyl (C=O) groups excluding carboxylic acids is 1. The first kappa shape index (κ1) is 21.3. The molecule has 1 aliphatic carbocycles. The second-order valence-electron chi connectivity index (χ2n) is 8.56. The fourth-order valence-electron chi connectivity index (χ4n) is 2.99. The summed E-state index contributed by atoms with van der Waals surface area (Å²) in [6.45, 7) is 7.71. The molecule has 1 aliphatic rings. The Bertz CT molecular complexity index is 625. The van der Waals surface area contributed by atoms with Gasteiger partial charge >= 0.3 is 0 Å². The Hall–Kier alpha value is -2.05. The number of aliphatic imine (C=N–C) groups is 1. The third-order valence-electron chi connectivity index (χ3n) is 4.85. The average molecular weight is 378 g/mol. The van der Waals surface area contributed by atoms with E-state index >= 15 is 0 Å². The highest BCUT2D eigenvalue weighted by molar-refractivity contribution is 5.84. The zero-order valence-corrected chi connectivity index (χ0v) is 17.5. The maximum Gasteiger partial charge on any atom is 0.243 e. The van der Waals surface area contributed by atoms with Gasteiger partial charge in [-0.2, -0.15) is 0 Å². The van der Waals surface area contributed by atoms with Gasteiger partial charge in [0.05, 0.1) is 12.7 Å². The van der Waals surface area contributed by atoms with Gasteiger partial charge < -0.3 is 20.0 Å². The zero-order valence-electron chi connectivity index (χ0n) is 17.5. The van der Waals surface area contributed by atoms with Gasteiger partial charge in [-0.1, -0.05) is 40.0 Å². The summed E-state index contributed by atoms with van der Waals surface area (Å²) >= 11 is 0. The van der Waals surface area contributed by atoms with E-state index in [1.54, 1.807) is 25.2 Å². The van der Waals surface area contributed by atoms with Gasteiger partial charge in [-0.3, -0.25) is 4.79 Å². The number of rotatable bonds is 6. The van der Waals surface area contributed by atoms with Crippen LogP contribution in [0.2, 0.25) is 0 Å². The van der Waals surface area contributed by atoms with Crippen molar-refractivity contribution in [3.8, 4) is 0 Å². The molecule has 7 nitrogen and oxygen atoms in total. The molecule has 1 aromatic heterocycles. The van der Waals surface area contributed by atoms with Crippen molar-refractivity contribution in [2.24, 2.45) is 10.9 Å². The lowest BCUT2D eigenvalue weighted by Gasteiger charge is -2.23. The summed E-state index contributed by atoms with van der Waals surface area (Å²) in [4.78, 5) is 22.2. The number of likely N-dealkylation sites (N-methyl/N-ethyl adjacent to an activating group) is 1. The van der Waals surface area contributed by atoms with Crippen LogP contribution in [-0.4, -0.2) is 48.9 Å². The number of aromatic nitrogens is 1. The first-order valence-corrected chi connectivity index (χ1v) is 9.93. The Labute approximate surface area is 163 Å². The summed E-state index contributed by atoms with van der Waals surface area (Å²) in [5.41, 5.74) is -0.0699. The number of guanidine groups is 1. The highest BCUT2D eigenvalue weighted by Gasteiger charge is 2.19. The maximum atomic E-state index is 11.9. The lowest BCUT2D eigenvalue weighted by molar-refractivity contribution is -0.127. The van der Waals surface area contributed by atoms with Crippen LogP contribution in [0.4, 0.5) is 0 Å². The smallest absolute Gasteiger partial charge is 0.243 e. The molecule has 1 saturated carbocycles. The largest absolute Gasteiger partial charge is 0.443 e. The lowest BCUT2D eigenvalue weighted by atomic mass is 9.89. The van der Waals surface area contributed by atoms with Gasteiger partial charge in [0.25, 0.3) is 0 Å². The SMILES string of the molecule is CN(C)C(=O)CN=C(NCc1ncc(C(C)(C)C)o1)NCC1CCCCC1. The molecule has 2 N–H and O–H groups in total. The number of nitrogens with one attached hydrogen (secondary N) is 2. The number of carbonyl (C=O) groups is 1. The Morgan fingerprint density at radius 1 is 1.26 bits per heavy atom. The van der Waals surface area contributed by atoms with E-state index < -0.39 is 0 Å². The molecule has 0 unspecified atom stereocenters. The normalized spacial score (nSPS) is 16.3. The van der Waals surface area contributed by atoms with Gasteiger partial charge in [-0.25, -0.2) is 9.98 Å². The summed E-state index contributed by atoms with van der Waals surface area (Å²) in [6, 6.07) is 0. The van der Waals surface area contributed by atoms with E-state index in [0.717, 1.165) is 12.3 Å². The van der Waals surface area contributed by atoms with E-state index in [4.69, 9.17) is 4.42 Å². The first-order valence-electron chi connectivity index (χ1n) is 9.93. The van der Waals surface area contributed by atoms with Crippen LogP contribution in [0.1, 0.15) is 64.5 Å². The van der Waals surface area contributed by atoms with E-state index in [1.165, 1.54) is 32.1 Å². The Kier molecular flexibility index (Phi) is 7.68. The number of hydrogen-bond donors (Lipinski definition) is 2. The number of oxazole rings is 1. The molecular weight excluding hydrogens is 342 g/mol. The van der Waals surface area contributed by atoms with E-state index in [2.05, 4.69) is 41.4 Å². The molecule has 0 radical (unpaired) electrons. The van der Waals surface area contributed by atoms with Crippen LogP contribution in [-0.2, 0) is 16.8 Å². The molecule has 1 amide bonds. The van der Waals surface area contributed by atoms with E-state index in [-0.39, 0.29) is 17.9 Å². The molecular formula is C20H35N5O2. The maximum absolute atomic E-state index is 11.9. The average Bonchev–Trinajstić information content (AvgIpc) is 3.11. The molecule has 2 rings (SSSR count). The second kappa shape index (κ2) is 9.76. The number of hydrogen-bond acceptors (Lipinski definition) is 4. The summed E-state index contributed by atoms with van der Waals surface area (Å²) in [5.74, 6) is 2.75. The van der Waals surface area contributed by atoms with Gasteiger partial charge in [0.2, 0.25) is 11.8 Å². The number of amides is 1. The molecule has 0 aliphatic heterocycles. The van der Waals surface area contributed by atoms with Crippen LogP contribution in [0.25, 0.3) is 0 Å². The second-order valence-corrected chi connectivity index (χ2v) is 8.56. The van der Waals surface area contributed by atoms with Crippen LogP contribution >= 0.6 is 0 Å². The van der Waals surface area contributed by atoms with E-state index in [9.17, 15) is 4.79 Å². The van der Waals surface area contributed by atoms with Crippen LogP contribution in [0.15, 0.2) is 15.6 Å².